The predicted octanol–water partition coefficient (Wildman–Crippen LogP) is 1.98. The first-order valence-electron chi connectivity index (χ1n) is 7.62. The molecule has 0 fully saturated rings. The van der Waals surface area contributed by atoms with Gasteiger partial charge in [0, 0.05) is 12.0 Å². The number of nitrogens with one attached hydrogen (secondary N) is 1. The van der Waals surface area contributed by atoms with Crippen molar-refractivity contribution in [2.24, 2.45) is 5.92 Å². The van der Waals surface area contributed by atoms with Crippen LogP contribution in [0.3, 0.4) is 0 Å². The van der Waals surface area contributed by atoms with Gasteiger partial charge in [-0.25, -0.2) is 8.42 Å². The summed E-state index contributed by atoms with van der Waals surface area (Å²) >= 11 is 0. The van der Waals surface area contributed by atoms with Crippen molar-refractivity contribution in [2.45, 2.75) is 50.5 Å². The van der Waals surface area contributed by atoms with Crippen LogP contribution in [0, 0.1) is 5.92 Å². The molecule has 2 rings (SSSR count). The highest BCUT2D eigenvalue weighted by molar-refractivity contribution is 7.89. The van der Waals surface area contributed by atoms with E-state index in [1.54, 1.807) is 6.07 Å². The maximum absolute atomic E-state index is 12.4. The van der Waals surface area contributed by atoms with Gasteiger partial charge >= 0.3 is 5.97 Å². The summed E-state index contributed by atoms with van der Waals surface area (Å²) in [6.07, 6.45) is 2.12. The van der Waals surface area contributed by atoms with Crippen molar-refractivity contribution in [3.8, 4) is 0 Å². The lowest BCUT2D eigenvalue weighted by atomic mass is 9.91. The number of carbonyl (C=O) groups is 2. The Morgan fingerprint density at radius 2 is 2.00 bits per heavy atom. The van der Waals surface area contributed by atoms with Gasteiger partial charge in [-0.3, -0.25) is 9.59 Å². The number of carboxylic acid groups (broad SMARTS) is 1. The fraction of sp³-hybridized carbons (Fsp3) is 0.500. The SMILES string of the molecule is CC(C)C[C@H](NS(=O)(=O)c1ccc2c(c1)C(=O)CCC2)C(=O)O. The molecule has 0 heterocycles. The number of benzene rings is 1. The monoisotopic (exact) mass is 339 g/mol. The second-order valence-electron chi connectivity index (χ2n) is 6.24. The van der Waals surface area contributed by atoms with Gasteiger partial charge in [0.2, 0.25) is 10.0 Å². The van der Waals surface area contributed by atoms with Gasteiger partial charge in [0.05, 0.1) is 4.90 Å². The van der Waals surface area contributed by atoms with E-state index in [1.165, 1.54) is 12.1 Å². The largest absolute Gasteiger partial charge is 0.480 e. The zero-order valence-electron chi connectivity index (χ0n) is 13.2. The zero-order chi connectivity index (χ0) is 17.2. The maximum atomic E-state index is 12.4. The van der Waals surface area contributed by atoms with Crippen LogP contribution in [0.5, 0.6) is 0 Å². The number of carboxylic acids is 1. The zero-order valence-corrected chi connectivity index (χ0v) is 14.0. The summed E-state index contributed by atoms with van der Waals surface area (Å²) in [7, 11) is -3.99. The highest BCUT2D eigenvalue weighted by Gasteiger charge is 2.27. The van der Waals surface area contributed by atoms with Gasteiger partial charge in [0.15, 0.2) is 5.78 Å². The Morgan fingerprint density at radius 3 is 2.61 bits per heavy atom. The van der Waals surface area contributed by atoms with Gasteiger partial charge in [0.1, 0.15) is 6.04 Å². The first-order chi connectivity index (χ1) is 10.7. The van der Waals surface area contributed by atoms with E-state index in [1.807, 2.05) is 13.8 Å². The molecule has 0 aliphatic heterocycles. The van der Waals surface area contributed by atoms with Crippen LogP contribution in [0.15, 0.2) is 23.1 Å². The van der Waals surface area contributed by atoms with Crippen molar-refractivity contribution in [2.75, 3.05) is 0 Å². The Kier molecular flexibility index (Phi) is 5.21. The number of carbonyl (C=O) groups excluding carboxylic acids is 1. The van der Waals surface area contributed by atoms with Crippen LogP contribution in [0.4, 0.5) is 0 Å². The maximum Gasteiger partial charge on any atom is 0.321 e. The van der Waals surface area contributed by atoms with Crippen molar-refractivity contribution in [1.82, 2.24) is 4.72 Å². The average molecular weight is 339 g/mol. The molecule has 1 atom stereocenters. The number of aliphatic carboxylic acids is 1. The fourth-order valence-electron chi connectivity index (χ4n) is 2.70. The molecule has 1 aliphatic carbocycles. The smallest absolute Gasteiger partial charge is 0.321 e. The number of hydrogen-bond donors (Lipinski definition) is 2. The molecule has 23 heavy (non-hydrogen) atoms. The molecule has 2 N–H and O–H groups in total. The molecular weight excluding hydrogens is 318 g/mol. The summed E-state index contributed by atoms with van der Waals surface area (Å²) in [5.41, 5.74) is 1.27. The van der Waals surface area contributed by atoms with Gasteiger partial charge in [-0.1, -0.05) is 19.9 Å². The molecular formula is C16H21NO5S. The molecule has 7 heteroatoms. The molecule has 0 saturated carbocycles. The van der Waals surface area contributed by atoms with Gasteiger partial charge in [0.25, 0.3) is 0 Å². The fourth-order valence-corrected chi connectivity index (χ4v) is 3.93. The third-order valence-corrected chi connectivity index (χ3v) is 5.31. The lowest BCUT2D eigenvalue weighted by Gasteiger charge is -2.18. The number of aryl methyl sites for hydroxylation is 1. The van der Waals surface area contributed by atoms with Gasteiger partial charge in [-0.2, -0.15) is 4.72 Å². The first kappa shape index (κ1) is 17.6. The number of fused-ring (bicyclic) bond motifs is 1. The quantitative estimate of drug-likeness (QED) is 0.825. The van der Waals surface area contributed by atoms with Crippen molar-refractivity contribution >= 4 is 21.8 Å². The third kappa shape index (κ3) is 4.17. The highest BCUT2D eigenvalue weighted by Crippen LogP contribution is 2.24. The lowest BCUT2D eigenvalue weighted by molar-refractivity contribution is -0.139. The van der Waals surface area contributed by atoms with E-state index in [-0.39, 0.29) is 23.0 Å². The molecule has 0 aromatic heterocycles. The highest BCUT2D eigenvalue weighted by atomic mass is 32.2. The topological polar surface area (TPSA) is 101 Å². The van der Waals surface area contributed by atoms with Crippen molar-refractivity contribution in [3.63, 3.8) is 0 Å². The molecule has 6 nitrogen and oxygen atoms in total. The molecule has 0 bridgehead atoms. The standard InChI is InChI=1S/C16H21NO5S/c1-10(2)8-14(16(19)20)17-23(21,22)12-7-6-11-4-3-5-15(18)13(11)9-12/h6-7,9-10,14,17H,3-5,8H2,1-2H3,(H,19,20)/t14-/m0/s1. The van der Waals surface area contributed by atoms with E-state index < -0.39 is 22.0 Å². The van der Waals surface area contributed by atoms with Crippen LogP contribution in [-0.2, 0) is 21.2 Å². The number of ketones is 1. The molecule has 0 amide bonds. The Morgan fingerprint density at radius 1 is 1.30 bits per heavy atom. The minimum Gasteiger partial charge on any atom is -0.480 e. The number of rotatable bonds is 6. The molecule has 126 valence electrons. The predicted molar refractivity (Wildman–Crippen MR) is 84.9 cm³/mol. The van der Waals surface area contributed by atoms with E-state index >= 15 is 0 Å². The second-order valence-corrected chi connectivity index (χ2v) is 7.95. The molecule has 0 unspecified atom stereocenters. The molecule has 1 aromatic rings. The number of hydrogen-bond acceptors (Lipinski definition) is 4. The minimum absolute atomic E-state index is 0.0314. The van der Waals surface area contributed by atoms with Gasteiger partial charge in [-0.05, 0) is 42.9 Å². The summed E-state index contributed by atoms with van der Waals surface area (Å²) in [6, 6.07) is 3.23. The van der Waals surface area contributed by atoms with Crippen LogP contribution in [0.2, 0.25) is 0 Å². The molecule has 1 aliphatic rings. The molecule has 0 saturated heterocycles. The number of Topliss-reactive ketones (excluding diaryl/α,β-unsaturated/α-hetero) is 1. The van der Waals surface area contributed by atoms with E-state index in [4.69, 9.17) is 0 Å². The Hall–Kier alpha value is -1.73. The Bertz CT molecular complexity index is 724. The lowest BCUT2D eigenvalue weighted by Crippen LogP contribution is -2.41. The molecule has 0 spiro atoms. The first-order valence-corrected chi connectivity index (χ1v) is 9.10. The summed E-state index contributed by atoms with van der Waals surface area (Å²) < 4.78 is 27.1. The van der Waals surface area contributed by atoms with Crippen LogP contribution in [0.25, 0.3) is 0 Å². The Balaban J connectivity index is 2.30. The van der Waals surface area contributed by atoms with Crippen LogP contribution in [0.1, 0.15) is 49.0 Å². The average Bonchev–Trinajstić information content (AvgIpc) is 2.46. The summed E-state index contributed by atoms with van der Waals surface area (Å²) in [6.45, 7) is 3.64. The normalized spacial score (nSPS) is 16.2. The summed E-state index contributed by atoms with van der Waals surface area (Å²) in [5, 5.41) is 9.19. The minimum atomic E-state index is -3.99. The van der Waals surface area contributed by atoms with E-state index in [2.05, 4.69) is 4.72 Å². The molecule has 0 radical (unpaired) electrons. The number of sulfonamides is 1. The second kappa shape index (κ2) is 6.80. The third-order valence-electron chi connectivity index (χ3n) is 3.84. The van der Waals surface area contributed by atoms with Crippen LogP contribution < -0.4 is 4.72 Å². The van der Waals surface area contributed by atoms with Gasteiger partial charge < -0.3 is 5.11 Å². The summed E-state index contributed by atoms with van der Waals surface area (Å²) in [4.78, 5) is 23.1. The van der Waals surface area contributed by atoms with Crippen LogP contribution >= 0.6 is 0 Å². The van der Waals surface area contributed by atoms with E-state index in [0.29, 0.717) is 12.0 Å². The van der Waals surface area contributed by atoms with Crippen molar-refractivity contribution in [1.29, 1.82) is 0 Å². The van der Waals surface area contributed by atoms with Crippen LogP contribution in [-0.4, -0.2) is 31.3 Å². The van der Waals surface area contributed by atoms with Crippen molar-refractivity contribution in [3.05, 3.63) is 29.3 Å². The molecule has 1 aromatic carbocycles. The Labute approximate surface area is 136 Å². The van der Waals surface area contributed by atoms with Gasteiger partial charge in [-0.15, -0.1) is 0 Å². The van der Waals surface area contributed by atoms with Crippen molar-refractivity contribution < 1.29 is 23.1 Å². The summed E-state index contributed by atoms with van der Waals surface area (Å²) in [5.74, 6) is -1.25. The van der Waals surface area contributed by atoms with E-state index in [0.717, 1.165) is 18.4 Å². The van der Waals surface area contributed by atoms with E-state index in [9.17, 15) is 23.1 Å².